The second kappa shape index (κ2) is 8.49. The molecule has 28 heavy (non-hydrogen) atoms. The summed E-state index contributed by atoms with van der Waals surface area (Å²) in [6.45, 7) is -2.92. The third-order valence-electron chi connectivity index (χ3n) is 3.59. The van der Waals surface area contributed by atoms with Crippen LogP contribution in [0.25, 0.3) is 0 Å². The van der Waals surface area contributed by atoms with Gasteiger partial charge in [0.15, 0.2) is 18.4 Å². The molecule has 1 aliphatic heterocycles. The van der Waals surface area contributed by atoms with Crippen LogP contribution in [0.5, 0.6) is 0 Å². The van der Waals surface area contributed by atoms with Crippen molar-refractivity contribution in [3.05, 3.63) is 32.6 Å². The first-order valence-corrected chi connectivity index (χ1v) is 7.59. The lowest BCUT2D eigenvalue weighted by Crippen LogP contribution is -2.42. The Balaban J connectivity index is 2.51. The van der Waals surface area contributed by atoms with E-state index in [-0.39, 0.29) is 0 Å². The molecular formula is C16H17N3O9. The molecule has 0 saturated carbocycles. The number of nitrogens with zero attached hydrogens (tertiary/aromatic N) is 2. The van der Waals surface area contributed by atoms with Crippen molar-refractivity contribution in [2.75, 3.05) is 6.61 Å². The highest BCUT2D eigenvalue weighted by atomic mass is 16.7. The zero-order valence-corrected chi connectivity index (χ0v) is 14.3. The van der Waals surface area contributed by atoms with Gasteiger partial charge in [0, 0.05) is 31.0 Å². The second-order valence-electron chi connectivity index (χ2n) is 5.48. The third-order valence-corrected chi connectivity index (χ3v) is 3.59. The fourth-order valence-corrected chi connectivity index (χ4v) is 2.57. The Hall–Kier alpha value is -3.46. The van der Waals surface area contributed by atoms with Gasteiger partial charge in [-0.3, -0.25) is 28.7 Å². The van der Waals surface area contributed by atoms with Crippen molar-refractivity contribution >= 4 is 17.9 Å². The summed E-state index contributed by atoms with van der Waals surface area (Å²) in [5.41, 5.74) is -2.49. The fourth-order valence-electron chi connectivity index (χ4n) is 2.57. The number of hydrogen-bond acceptors (Lipinski definition) is 10. The molecule has 1 unspecified atom stereocenters. The van der Waals surface area contributed by atoms with Gasteiger partial charge in [0.05, 0.1) is 0 Å². The maximum atomic E-state index is 12.3. The molecule has 1 aromatic rings. The molecule has 0 bridgehead atoms. The molecule has 0 spiro atoms. The highest BCUT2D eigenvalue weighted by molar-refractivity contribution is 5.68. The van der Waals surface area contributed by atoms with Gasteiger partial charge >= 0.3 is 23.6 Å². The van der Waals surface area contributed by atoms with Crippen LogP contribution >= 0.6 is 0 Å². The minimum atomic E-state index is -1.55. The van der Waals surface area contributed by atoms with E-state index in [1.54, 1.807) is 6.07 Å². The van der Waals surface area contributed by atoms with E-state index in [4.69, 9.17) is 28.3 Å². The number of H-pyrrole nitrogens is 1. The zero-order chi connectivity index (χ0) is 23.1. The normalized spacial score (nSPS) is 24.9. The van der Waals surface area contributed by atoms with Gasteiger partial charge in [-0.2, -0.15) is 5.26 Å². The van der Waals surface area contributed by atoms with Gasteiger partial charge in [-0.1, -0.05) is 0 Å². The van der Waals surface area contributed by atoms with Gasteiger partial charge in [-0.15, -0.1) is 0 Å². The molecule has 0 amide bonds. The van der Waals surface area contributed by atoms with Gasteiger partial charge in [-0.25, -0.2) is 4.79 Å². The van der Waals surface area contributed by atoms with E-state index < -0.39 is 86.6 Å². The number of nitriles is 1. The standard InChI is InChI=1S/C16H17N3O9/c1-7(20)25-6-11-12(26-8(2)21)13(27-9(3)22)15(28-11)19-5-10(4-17)14(23)18-16(19)24/h5,11-13,15H,6H2,1-3H3,(H,18,23,24)/t11-,12+,13-,15?/m1/s1/i1D,2D,3D. The van der Waals surface area contributed by atoms with Crippen molar-refractivity contribution in [1.82, 2.24) is 9.55 Å². The summed E-state index contributed by atoms with van der Waals surface area (Å²) in [4.78, 5) is 60.7. The Bertz CT molecular complexity index is 1000. The second-order valence-corrected chi connectivity index (χ2v) is 5.48. The Kier molecular flexibility index (Phi) is 5.06. The van der Waals surface area contributed by atoms with Gasteiger partial charge in [-0.05, 0) is 0 Å². The van der Waals surface area contributed by atoms with Crippen LogP contribution in [0.2, 0.25) is 0 Å². The molecule has 1 aliphatic rings. The van der Waals surface area contributed by atoms with Gasteiger partial charge in [0.1, 0.15) is 24.3 Å². The van der Waals surface area contributed by atoms with Crippen LogP contribution in [-0.2, 0) is 33.3 Å². The van der Waals surface area contributed by atoms with Crippen molar-refractivity contribution in [2.24, 2.45) is 0 Å². The van der Waals surface area contributed by atoms with Crippen molar-refractivity contribution in [2.45, 2.75) is 45.2 Å². The van der Waals surface area contributed by atoms with Crippen LogP contribution < -0.4 is 11.2 Å². The van der Waals surface area contributed by atoms with E-state index in [0.717, 1.165) is 10.8 Å². The van der Waals surface area contributed by atoms with E-state index in [1.165, 1.54) is 0 Å². The number of rotatable bonds is 5. The Labute approximate surface area is 161 Å². The molecule has 4 atom stereocenters. The fraction of sp³-hybridized carbons (Fsp3) is 0.500. The van der Waals surface area contributed by atoms with E-state index >= 15 is 0 Å². The number of carbonyl (C=O) groups excluding carboxylic acids is 3. The van der Waals surface area contributed by atoms with E-state index in [9.17, 15) is 24.0 Å². The molecule has 2 rings (SSSR count). The van der Waals surface area contributed by atoms with E-state index in [0.29, 0.717) is 0 Å². The van der Waals surface area contributed by atoms with Crippen molar-refractivity contribution in [1.29, 1.82) is 5.26 Å². The first-order valence-electron chi connectivity index (χ1n) is 9.71. The summed E-state index contributed by atoms with van der Waals surface area (Å²) in [5.74, 6) is -3.07. The molecule has 0 aliphatic carbocycles. The predicted octanol–water partition coefficient (Wildman–Crippen LogP) is -1.27. The topological polar surface area (TPSA) is 167 Å². The first kappa shape index (κ1) is 16.7. The van der Waals surface area contributed by atoms with Crippen molar-refractivity contribution < 1.29 is 37.4 Å². The van der Waals surface area contributed by atoms with Crippen LogP contribution in [0, 0.1) is 11.3 Å². The Morgan fingerprint density at radius 1 is 1.21 bits per heavy atom. The largest absolute Gasteiger partial charge is 0.463 e. The minimum absolute atomic E-state index is 0.474. The number of hydrogen-bond donors (Lipinski definition) is 1. The zero-order valence-electron chi connectivity index (χ0n) is 17.3. The molecule has 12 nitrogen and oxygen atoms in total. The highest BCUT2D eigenvalue weighted by Crippen LogP contribution is 2.33. The Morgan fingerprint density at radius 3 is 2.46 bits per heavy atom. The molecule has 1 fully saturated rings. The van der Waals surface area contributed by atoms with E-state index in [2.05, 4.69) is 0 Å². The number of aromatic nitrogens is 2. The molecule has 150 valence electrons. The molecule has 1 saturated heterocycles. The van der Waals surface area contributed by atoms with Crippen molar-refractivity contribution in [3.8, 4) is 6.07 Å². The lowest BCUT2D eigenvalue weighted by molar-refractivity contribution is -0.166. The lowest BCUT2D eigenvalue weighted by atomic mass is 10.1. The smallest absolute Gasteiger partial charge is 0.330 e. The number of carbonyl (C=O) groups is 3. The molecule has 0 radical (unpaired) electrons. The summed E-state index contributed by atoms with van der Waals surface area (Å²) < 4.78 is 42.5. The third kappa shape index (κ3) is 4.63. The van der Waals surface area contributed by atoms with Gasteiger partial charge < -0.3 is 18.9 Å². The highest BCUT2D eigenvalue weighted by Gasteiger charge is 2.51. The molecule has 1 aromatic heterocycles. The summed E-state index contributed by atoms with van der Waals surface area (Å²) in [6, 6.07) is 1.57. The van der Waals surface area contributed by atoms with Crippen LogP contribution in [0.15, 0.2) is 15.8 Å². The van der Waals surface area contributed by atoms with Crippen LogP contribution in [0.3, 0.4) is 0 Å². The molecule has 12 heteroatoms. The number of ether oxygens (including phenoxy) is 4. The number of esters is 3. The molecular weight excluding hydrogens is 378 g/mol. The Morgan fingerprint density at radius 2 is 1.86 bits per heavy atom. The monoisotopic (exact) mass is 398 g/mol. The van der Waals surface area contributed by atoms with Crippen LogP contribution in [0.1, 0.15) is 36.6 Å². The first-order chi connectivity index (χ1) is 14.7. The maximum Gasteiger partial charge on any atom is 0.330 e. The summed E-state index contributed by atoms with van der Waals surface area (Å²) in [5, 5.41) is 9.05. The SMILES string of the molecule is [2H]CC(=O)OC[C@H]1OC(n2cc(C#N)c(=O)[nH]c2=O)[C@H](OC(=O)C[2H])[C@H]1OC(=O)C[2H]. The van der Waals surface area contributed by atoms with Gasteiger partial charge in [0.2, 0.25) is 0 Å². The molecule has 2 heterocycles. The van der Waals surface area contributed by atoms with Crippen LogP contribution in [-0.4, -0.2) is 52.4 Å². The number of aromatic amines is 1. The lowest BCUT2D eigenvalue weighted by Gasteiger charge is -2.23. The summed E-state index contributed by atoms with van der Waals surface area (Å²) in [6.07, 6.45) is -5.03. The quantitative estimate of drug-likeness (QED) is 0.466. The molecule has 1 N–H and O–H groups in total. The van der Waals surface area contributed by atoms with Crippen molar-refractivity contribution in [3.63, 3.8) is 0 Å². The average Bonchev–Trinajstić information content (AvgIpc) is 3.08. The molecule has 0 aromatic carbocycles. The maximum absolute atomic E-state index is 12.3. The average molecular weight is 398 g/mol. The van der Waals surface area contributed by atoms with Crippen LogP contribution in [0.4, 0.5) is 0 Å². The minimum Gasteiger partial charge on any atom is -0.463 e. The summed E-state index contributed by atoms with van der Waals surface area (Å²) >= 11 is 0. The van der Waals surface area contributed by atoms with Gasteiger partial charge in [0.25, 0.3) is 5.56 Å². The van der Waals surface area contributed by atoms with E-state index in [1.807, 2.05) is 4.98 Å². The number of nitrogens with one attached hydrogen (secondary N) is 1. The summed E-state index contributed by atoms with van der Waals surface area (Å²) in [7, 11) is 0. The predicted molar refractivity (Wildman–Crippen MR) is 87.7 cm³/mol.